The van der Waals surface area contributed by atoms with E-state index in [1.165, 1.54) is 0 Å². The minimum Gasteiger partial charge on any atom is -0.354 e. The molecule has 27 heavy (non-hydrogen) atoms. The molecular formula is C21H22ClN3O2. The van der Waals surface area contributed by atoms with Gasteiger partial charge in [0.25, 0.3) is 11.8 Å². The predicted octanol–water partition coefficient (Wildman–Crippen LogP) is 4.30. The Hall–Kier alpha value is -2.53. The van der Waals surface area contributed by atoms with Crippen LogP contribution in [0, 0.1) is 6.92 Å². The second kappa shape index (κ2) is 6.89. The highest BCUT2D eigenvalue weighted by molar-refractivity contribution is 6.31. The van der Waals surface area contributed by atoms with Gasteiger partial charge in [0.15, 0.2) is 0 Å². The summed E-state index contributed by atoms with van der Waals surface area (Å²) in [4.78, 5) is 29.7. The third kappa shape index (κ3) is 3.16. The van der Waals surface area contributed by atoms with E-state index in [1.807, 2.05) is 31.0 Å². The maximum Gasteiger partial charge on any atom is 0.257 e. The maximum absolute atomic E-state index is 12.8. The van der Waals surface area contributed by atoms with Crippen molar-refractivity contribution in [1.29, 1.82) is 0 Å². The van der Waals surface area contributed by atoms with Gasteiger partial charge in [-0.25, -0.2) is 0 Å². The van der Waals surface area contributed by atoms with E-state index in [0.29, 0.717) is 21.8 Å². The Morgan fingerprint density at radius 1 is 1.19 bits per heavy atom. The first-order valence-electron chi connectivity index (χ1n) is 9.21. The molecule has 4 rings (SSSR count). The minimum atomic E-state index is -0.213. The summed E-state index contributed by atoms with van der Waals surface area (Å²) in [6.07, 6.45) is 3.19. The van der Waals surface area contributed by atoms with Gasteiger partial charge in [0, 0.05) is 29.9 Å². The first-order chi connectivity index (χ1) is 13.0. The van der Waals surface area contributed by atoms with Crippen molar-refractivity contribution < 1.29 is 9.59 Å². The van der Waals surface area contributed by atoms with Crippen LogP contribution in [0.1, 0.15) is 45.5 Å². The monoisotopic (exact) mass is 383 g/mol. The highest BCUT2D eigenvalue weighted by Gasteiger charge is 2.37. The molecule has 2 aliphatic heterocycles. The van der Waals surface area contributed by atoms with Gasteiger partial charge in [-0.05, 0) is 62.1 Å². The Balaban J connectivity index is 1.64. The number of aryl methyl sites for hydroxylation is 1. The number of hydrogen-bond acceptors (Lipinski definition) is 3. The molecule has 0 saturated carbocycles. The lowest BCUT2D eigenvalue weighted by Crippen LogP contribution is -2.55. The number of fused-ring (bicyclic) bond motifs is 2. The Bertz CT molecular complexity index is 928. The lowest BCUT2D eigenvalue weighted by Gasteiger charge is -2.46. The molecule has 2 amide bonds. The van der Waals surface area contributed by atoms with Gasteiger partial charge in [-0.3, -0.25) is 9.59 Å². The largest absolute Gasteiger partial charge is 0.354 e. The number of carbonyl (C=O) groups excluding carboxylic acids is 2. The van der Waals surface area contributed by atoms with Gasteiger partial charge in [0.1, 0.15) is 6.17 Å². The second-order valence-electron chi connectivity index (χ2n) is 7.23. The van der Waals surface area contributed by atoms with Gasteiger partial charge in [-0.1, -0.05) is 17.7 Å². The summed E-state index contributed by atoms with van der Waals surface area (Å²) in [5.41, 5.74) is 3.63. The molecular weight excluding hydrogens is 362 g/mol. The number of hydrogen-bond donors (Lipinski definition) is 1. The molecule has 2 heterocycles. The molecule has 0 bridgehead atoms. The molecule has 1 atom stereocenters. The summed E-state index contributed by atoms with van der Waals surface area (Å²) >= 11 is 6.04. The molecule has 2 aliphatic rings. The zero-order valence-corrected chi connectivity index (χ0v) is 16.2. The number of amides is 2. The zero-order chi connectivity index (χ0) is 19.1. The van der Waals surface area contributed by atoms with Crippen LogP contribution in [0.5, 0.6) is 0 Å². The molecule has 0 aromatic heterocycles. The Labute approximate surface area is 163 Å². The SMILES string of the molecule is Cc1ccc(Cl)cc1NC(=O)c1ccc2c(c1)N(C)C1CCCCN1C2=O. The van der Waals surface area contributed by atoms with Crippen LogP contribution in [0.25, 0.3) is 0 Å². The van der Waals surface area contributed by atoms with Gasteiger partial charge in [0.05, 0.1) is 11.3 Å². The quantitative estimate of drug-likeness (QED) is 0.841. The molecule has 6 heteroatoms. The van der Waals surface area contributed by atoms with E-state index in [1.54, 1.807) is 24.3 Å². The van der Waals surface area contributed by atoms with E-state index in [9.17, 15) is 9.59 Å². The zero-order valence-electron chi connectivity index (χ0n) is 15.5. The molecule has 2 aromatic rings. The Morgan fingerprint density at radius 2 is 2.00 bits per heavy atom. The fourth-order valence-electron chi connectivity index (χ4n) is 3.94. The first kappa shape index (κ1) is 17.9. The van der Waals surface area contributed by atoms with Crippen LogP contribution < -0.4 is 10.2 Å². The number of nitrogens with zero attached hydrogens (tertiary/aromatic N) is 2. The third-order valence-electron chi connectivity index (χ3n) is 5.50. The van der Waals surface area contributed by atoms with Gasteiger partial charge in [-0.15, -0.1) is 0 Å². The molecule has 0 radical (unpaired) electrons. The first-order valence-corrected chi connectivity index (χ1v) is 9.59. The van der Waals surface area contributed by atoms with Gasteiger partial charge >= 0.3 is 0 Å². The fraction of sp³-hybridized carbons (Fsp3) is 0.333. The van der Waals surface area contributed by atoms with E-state index in [4.69, 9.17) is 11.6 Å². The van der Waals surface area contributed by atoms with Crippen molar-refractivity contribution in [1.82, 2.24) is 4.90 Å². The van der Waals surface area contributed by atoms with Crippen LogP contribution in [-0.4, -0.2) is 36.5 Å². The Morgan fingerprint density at radius 3 is 2.81 bits per heavy atom. The van der Waals surface area contributed by atoms with Gasteiger partial charge in [-0.2, -0.15) is 0 Å². The number of carbonyl (C=O) groups is 2. The number of benzene rings is 2. The smallest absolute Gasteiger partial charge is 0.257 e. The van der Waals surface area contributed by atoms with Crippen molar-refractivity contribution in [3.63, 3.8) is 0 Å². The lowest BCUT2D eigenvalue weighted by molar-refractivity contribution is 0.0589. The van der Waals surface area contributed by atoms with Crippen LogP contribution in [0.15, 0.2) is 36.4 Å². The number of rotatable bonds is 2. The molecule has 140 valence electrons. The molecule has 0 aliphatic carbocycles. The average Bonchev–Trinajstić information content (AvgIpc) is 2.68. The highest BCUT2D eigenvalue weighted by atomic mass is 35.5. The van der Waals surface area contributed by atoms with Crippen molar-refractivity contribution in [3.8, 4) is 0 Å². The predicted molar refractivity (Wildman–Crippen MR) is 108 cm³/mol. The average molecular weight is 384 g/mol. The second-order valence-corrected chi connectivity index (χ2v) is 7.67. The van der Waals surface area contributed by atoms with Gasteiger partial charge in [0.2, 0.25) is 0 Å². The van der Waals surface area contributed by atoms with Crippen LogP contribution in [0.3, 0.4) is 0 Å². The Kier molecular flexibility index (Phi) is 4.56. The summed E-state index contributed by atoms with van der Waals surface area (Å²) in [6.45, 7) is 2.71. The van der Waals surface area contributed by atoms with E-state index in [0.717, 1.165) is 37.1 Å². The summed E-state index contributed by atoms with van der Waals surface area (Å²) in [6, 6.07) is 10.7. The maximum atomic E-state index is 12.8. The van der Waals surface area contributed by atoms with E-state index >= 15 is 0 Å². The van der Waals surface area contributed by atoms with Crippen molar-refractivity contribution in [2.24, 2.45) is 0 Å². The molecule has 2 aromatic carbocycles. The van der Waals surface area contributed by atoms with Crippen LogP contribution >= 0.6 is 11.6 Å². The number of nitrogens with one attached hydrogen (secondary N) is 1. The van der Waals surface area contributed by atoms with Crippen LogP contribution in [0.4, 0.5) is 11.4 Å². The normalized spacial score (nSPS) is 18.8. The van der Waals surface area contributed by atoms with E-state index in [-0.39, 0.29) is 18.0 Å². The third-order valence-corrected chi connectivity index (χ3v) is 5.73. The summed E-state index contributed by atoms with van der Waals surface area (Å²) in [7, 11) is 2.00. The molecule has 0 spiro atoms. The molecule has 1 unspecified atom stereocenters. The number of anilines is 2. The minimum absolute atomic E-state index is 0.0606. The topological polar surface area (TPSA) is 52.7 Å². The summed E-state index contributed by atoms with van der Waals surface area (Å²) < 4.78 is 0. The van der Waals surface area contributed by atoms with E-state index < -0.39 is 0 Å². The molecule has 5 nitrogen and oxygen atoms in total. The summed E-state index contributed by atoms with van der Waals surface area (Å²) in [5.74, 6) is -0.152. The molecule has 1 fully saturated rings. The summed E-state index contributed by atoms with van der Waals surface area (Å²) in [5, 5.41) is 3.49. The lowest BCUT2D eigenvalue weighted by atomic mass is 9.97. The van der Waals surface area contributed by atoms with Crippen molar-refractivity contribution in [3.05, 3.63) is 58.1 Å². The highest BCUT2D eigenvalue weighted by Crippen LogP contribution is 2.35. The fourth-order valence-corrected chi connectivity index (χ4v) is 4.11. The standard InChI is InChI=1S/C21H22ClN3O2/c1-13-6-8-15(22)12-17(13)23-20(26)14-7-9-16-18(11-14)24(2)19-5-3-4-10-25(19)21(16)27/h6-9,11-12,19H,3-5,10H2,1-2H3,(H,23,26). The van der Waals surface area contributed by atoms with Gasteiger partial charge < -0.3 is 15.1 Å². The number of piperidine rings is 1. The van der Waals surface area contributed by atoms with Crippen LogP contribution in [0.2, 0.25) is 5.02 Å². The van der Waals surface area contributed by atoms with Crippen molar-refractivity contribution in [2.45, 2.75) is 32.4 Å². The molecule has 1 N–H and O–H groups in total. The van der Waals surface area contributed by atoms with E-state index in [2.05, 4.69) is 10.2 Å². The van der Waals surface area contributed by atoms with Crippen molar-refractivity contribution in [2.75, 3.05) is 23.8 Å². The van der Waals surface area contributed by atoms with Crippen LogP contribution in [-0.2, 0) is 0 Å². The molecule has 1 saturated heterocycles. The number of halogens is 1. The van der Waals surface area contributed by atoms with Crippen molar-refractivity contribution >= 4 is 34.8 Å².